The lowest BCUT2D eigenvalue weighted by Gasteiger charge is -2.59. The van der Waals surface area contributed by atoms with Crippen molar-refractivity contribution >= 4 is 21.7 Å². The molecule has 0 heterocycles. The minimum Gasteiger partial charge on any atom is -0.480 e. The number of aliphatic carboxylic acids is 1. The van der Waals surface area contributed by atoms with Crippen molar-refractivity contribution in [2.45, 2.75) is 116 Å². The summed E-state index contributed by atoms with van der Waals surface area (Å²) in [6, 6.07) is 4.67. The number of para-hydroxylation sites is 1. The zero-order chi connectivity index (χ0) is 32.0. The summed E-state index contributed by atoms with van der Waals surface area (Å²) in [5.74, 6) is 2.94. The first-order chi connectivity index (χ1) is 20.7. The van der Waals surface area contributed by atoms with E-state index in [1.807, 2.05) is 0 Å². The summed E-state index contributed by atoms with van der Waals surface area (Å²) >= 11 is 0. The number of nitrogens with zero attached hydrogens (tertiary/aromatic N) is 2. The molecule has 3 fully saturated rings. The molecule has 9 heteroatoms. The standard InChI is InChI=1S/C35H52N2O6S/c1-23(2)9-8-10-24(3)28-15-16-29-27-14-13-25-21-26(17-19-34(25,4)30(27)18-20-35(28,29)5)36(22-33(38)39)44(42,43)32-12-7-6-11-31(32)37(40)41/h6-7,11-13,23-24,26-30H,8-10,14-22H2,1-5H3,(H,38,39)/t24-,26+,27+,28-,29+,30+,34+,35-/m1/s1. The largest absolute Gasteiger partial charge is 0.480 e. The molecular weight excluding hydrogens is 576 g/mol. The second kappa shape index (κ2) is 12.5. The maximum Gasteiger partial charge on any atom is 0.318 e. The molecule has 0 spiro atoms. The fourth-order valence-corrected chi connectivity index (χ4v) is 12.2. The maximum absolute atomic E-state index is 13.8. The Morgan fingerprint density at radius 2 is 1.80 bits per heavy atom. The first-order valence-corrected chi connectivity index (χ1v) is 18.3. The number of rotatable bonds is 11. The van der Waals surface area contributed by atoms with Crippen molar-refractivity contribution in [3.05, 3.63) is 46.0 Å². The number of sulfonamides is 1. The molecule has 1 N–H and O–H groups in total. The molecule has 0 aromatic heterocycles. The van der Waals surface area contributed by atoms with Crippen LogP contribution in [0.2, 0.25) is 0 Å². The van der Waals surface area contributed by atoms with Crippen LogP contribution in [0.25, 0.3) is 0 Å². The number of carbonyl (C=O) groups is 1. The highest BCUT2D eigenvalue weighted by Gasteiger charge is 2.59. The molecule has 4 aliphatic carbocycles. The first-order valence-electron chi connectivity index (χ1n) is 16.9. The Morgan fingerprint density at radius 1 is 1.07 bits per heavy atom. The third-order valence-corrected chi connectivity index (χ3v) is 14.6. The van der Waals surface area contributed by atoms with Crippen LogP contribution in [0, 0.1) is 56.5 Å². The predicted octanol–water partition coefficient (Wildman–Crippen LogP) is 8.08. The van der Waals surface area contributed by atoms with E-state index in [4.69, 9.17) is 0 Å². The normalized spacial score (nSPS) is 34.2. The van der Waals surface area contributed by atoms with Gasteiger partial charge in [-0.05, 0) is 104 Å². The van der Waals surface area contributed by atoms with Gasteiger partial charge in [0.25, 0.3) is 15.7 Å². The fourth-order valence-electron chi connectivity index (χ4n) is 10.4. The zero-order valence-corrected chi connectivity index (χ0v) is 28.0. The summed E-state index contributed by atoms with van der Waals surface area (Å²) in [4.78, 5) is 22.4. The van der Waals surface area contributed by atoms with E-state index in [0.717, 1.165) is 41.0 Å². The molecule has 0 unspecified atom stereocenters. The number of benzene rings is 1. The van der Waals surface area contributed by atoms with E-state index >= 15 is 0 Å². The van der Waals surface area contributed by atoms with Gasteiger partial charge in [0, 0.05) is 12.1 Å². The molecule has 44 heavy (non-hydrogen) atoms. The third kappa shape index (κ3) is 5.88. The van der Waals surface area contributed by atoms with Gasteiger partial charge >= 0.3 is 5.97 Å². The van der Waals surface area contributed by atoms with Crippen molar-refractivity contribution in [1.29, 1.82) is 0 Å². The van der Waals surface area contributed by atoms with Crippen LogP contribution in [-0.2, 0) is 14.8 Å². The molecule has 3 saturated carbocycles. The Bertz CT molecular complexity index is 1390. The van der Waals surface area contributed by atoms with Gasteiger partial charge in [-0.1, -0.05) is 77.7 Å². The van der Waals surface area contributed by atoms with E-state index in [-0.39, 0.29) is 5.41 Å². The molecule has 244 valence electrons. The van der Waals surface area contributed by atoms with Crippen molar-refractivity contribution < 1.29 is 23.2 Å². The highest BCUT2D eigenvalue weighted by Crippen LogP contribution is 2.67. The number of carboxylic acids is 1. The summed E-state index contributed by atoms with van der Waals surface area (Å²) in [6.45, 7) is 11.4. The van der Waals surface area contributed by atoms with Crippen LogP contribution in [0.15, 0.2) is 40.8 Å². The van der Waals surface area contributed by atoms with Crippen LogP contribution in [0.1, 0.15) is 105 Å². The number of carboxylic acid groups (broad SMARTS) is 1. The number of allylic oxidation sites excluding steroid dienone is 1. The Labute approximate surface area is 263 Å². The topological polar surface area (TPSA) is 118 Å². The third-order valence-electron chi connectivity index (χ3n) is 12.6. The van der Waals surface area contributed by atoms with E-state index in [1.165, 1.54) is 68.7 Å². The van der Waals surface area contributed by atoms with Crippen LogP contribution in [0.3, 0.4) is 0 Å². The Hall–Kier alpha value is -2.26. The molecule has 8 atom stereocenters. The molecule has 4 aliphatic rings. The lowest BCUT2D eigenvalue weighted by molar-refractivity contribution is -0.387. The summed E-state index contributed by atoms with van der Waals surface area (Å²) in [7, 11) is -4.41. The molecular formula is C35H52N2O6S. The van der Waals surface area contributed by atoms with Gasteiger partial charge in [0.15, 0.2) is 4.90 Å². The molecule has 0 amide bonds. The Balaban J connectivity index is 1.37. The van der Waals surface area contributed by atoms with Crippen LogP contribution < -0.4 is 0 Å². The average Bonchev–Trinajstić information content (AvgIpc) is 3.32. The van der Waals surface area contributed by atoms with Gasteiger partial charge in [-0.3, -0.25) is 14.9 Å². The van der Waals surface area contributed by atoms with Gasteiger partial charge in [0.2, 0.25) is 0 Å². The SMILES string of the molecule is CC(C)CCC[C@@H](C)[C@H]1CC[C@H]2[C@@H]3CC=C4C[C@@H](N(CC(=O)O)S(=O)(=O)c5ccccc5[N+](=O)[O-])CC[C@]4(C)[C@H]3CC[C@]12C. The lowest BCUT2D eigenvalue weighted by Crippen LogP contribution is -2.53. The van der Waals surface area contributed by atoms with Crippen LogP contribution in [-0.4, -0.2) is 41.3 Å². The summed E-state index contributed by atoms with van der Waals surface area (Å²) < 4.78 is 28.7. The molecule has 0 saturated heterocycles. The number of nitro benzene ring substituents is 1. The average molecular weight is 629 g/mol. The smallest absolute Gasteiger partial charge is 0.318 e. The molecule has 5 rings (SSSR count). The zero-order valence-electron chi connectivity index (χ0n) is 27.2. The molecule has 0 aliphatic heterocycles. The second-order valence-electron chi connectivity index (χ2n) is 15.4. The quantitative estimate of drug-likeness (QED) is 0.150. The van der Waals surface area contributed by atoms with Gasteiger partial charge in [-0.2, -0.15) is 4.31 Å². The lowest BCUT2D eigenvalue weighted by atomic mass is 9.47. The summed E-state index contributed by atoms with van der Waals surface area (Å²) in [5, 5.41) is 21.4. The van der Waals surface area contributed by atoms with Crippen LogP contribution >= 0.6 is 0 Å². The van der Waals surface area contributed by atoms with Gasteiger partial charge in [-0.25, -0.2) is 8.42 Å². The summed E-state index contributed by atoms with van der Waals surface area (Å²) in [5.41, 5.74) is 1.08. The van der Waals surface area contributed by atoms with E-state index in [0.29, 0.717) is 36.0 Å². The highest BCUT2D eigenvalue weighted by atomic mass is 32.2. The van der Waals surface area contributed by atoms with Crippen molar-refractivity contribution in [3.63, 3.8) is 0 Å². The Kier molecular flexibility index (Phi) is 9.41. The second-order valence-corrected chi connectivity index (χ2v) is 17.2. The molecule has 0 radical (unpaired) electrons. The van der Waals surface area contributed by atoms with Crippen molar-refractivity contribution in [3.8, 4) is 0 Å². The van der Waals surface area contributed by atoms with Crippen LogP contribution in [0.5, 0.6) is 0 Å². The minimum atomic E-state index is -4.41. The van der Waals surface area contributed by atoms with Gasteiger partial charge in [0.05, 0.1) is 4.92 Å². The first kappa shape index (κ1) is 33.1. The number of fused-ring (bicyclic) bond motifs is 5. The molecule has 1 aromatic carbocycles. The van der Waals surface area contributed by atoms with E-state index in [9.17, 15) is 28.4 Å². The number of nitro groups is 1. The van der Waals surface area contributed by atoms with E-state index in [1.54, 1.807) is 0 Å². The van der Waals surface area contributed by atoms with Crippen molar-refractivity contribution in [2.24, 2.45) is 46.3 Å². The molecule has 8 nitrogen and oxygen atoms in total. The van der Waals surface area contributed by atoms with E-state index in [2.05, 4.69) is 40.7 Å². The summed E-state index contributed by atoms with van der Waals surface area (Å²) in [6.07, 6.45) is 14.2. The predicted molar refractivity (Wildman–Crippen MR) is 171 cm³/mol. The van der Waals surface area contributed by atoms with Crippen molar-refractivity contribution in [2.75, 3.05) is 6.54 Å². The number of hydrogen-bond donors (Lipinski definition) is 1. The van der Waals surface area contributed by atoms with Gasteiger partial charge in [0.1, 0.15) is 6.54 Å². The van der Waals surface area contributed by atoms with Gasteiger partial charge in [-0.15, -0.1) is 0 Å². The van der Waals surface area contributed by atoms with Crippen molar-refractivity contribution in [1.82, 2.24) is 4.31 Å². The maximum atomic E-state index is 13.8. The highest BCUT2D eigenvalue weighted by molar-refractivity contribution is 7.89. The Morgan fingerprint density at radius 3 is 2.48 bits per heavy atom. The number of hydrogen-bond acceptors (Lipinski definition) is 5. The molecule has 0 bridgehead atoms. The van der Waals surface area contributed by atoms with Crippen LogP contribution in [0.4, 0.5) is 5.69 Å². The monoisotopic (exact) mass is 628 g/mol. The van der Waals surface area contributed by atoms with Gasteiger partial charge < -0.3 is 5.11 Å². The van der Waals surface area contributed by atoms with E-state index < -0.39 is 44.1 Å². The fraction of sp³-hybridized carbons (Fsp3) is 0.743. The minimum absolute atomic E-state index is 0.0287. The molecule has 1 aromatic rings.